The monoisotopic (exact) mass is 336 g/mol. The van der Waals surface area contributed by atoms with Crippen LogP contribution in [0.3, 0.4) is 0 Å². The molecule has 0 radical (unpaired) electrons. The lowest BCUT2D eigenvalue weighted by atomic mass is 9.97. The molecule has 1 aliphatic heterocycles. The number of hydrogen-bond acceptors (Lipinski definition) is 4. The molecule has 3 aromatic rings. The Kier molecular flexibility index (Phi) is 3.36. The topological polar surface area (TPSA) is 75.0 Å². The van der Waals surface area contributed by atoms with Gasteiger partial charge in [-0.15, -0.1) is 0 Å². The summed E-state index contributed by atoms with van der Waals surface area (Å²) in [4.78, 5) is 27.2. The summed E-state index contributed by atoms with van der Waals surface area (Å²) in [6.45, 7) is 1.45. The van der Waals surface area contributed by atoms with E-state index in [0.29, 0.717) is 18.2 Å². The van der Waals surface area contributed by atoms with E-state index in [1.165, 1.54) is 6.39 Å². The van der Waals surface area contributed by atoms with Gasteiger partial charge in [0.15, 0.2) is 12.1 Å². The maximum Gasteiger partial charge on any atom is 0.276 e. The Hall–Kier alpha value is -2.63. The minimum Gasteiger partial charge on any atom is -0.447 e. The lowest BCUT2D eigenvalue weighted by molar-refractivity contribution is 0.0697. The standard InChI is InChI=1S/C19H20N4O2/c24-19(16-17(12-7-8-12)25-11-20-16)23-9-3-4-13(10-23)18-21-14-5-1-2-6-15(14)22-18/h1-2,5-6,11-13H,3-4,7-10H2,(H,21,22)/t13-/m0/s1. The number of piperidine rings is 1. The van der Waals surface area contributed by atoms with Crippen molar-refractivity contribution in [3.8, 4) is 0 Å². The molecule has 1 saturated carbocycles. The smallest absolute Gasteiger partial charge is 0.276 e. The second-order valence-electron chi connectivity index (χ2n) is 7.07. The molecule has 0 unspecified atom stereocenters. The molecule has 0 bridgehead atoms. The largest absolute Gasteiger partial charge is 0.447 e. The number of nitrogens with one attached hydrogen (secondary N) is 1. The van der Waals surface area contributed by atoms with Gasteiger partial charge in [0.05, 0.1) is 11.0 Å². The number of carbonyl (C=O) groups excluding carboxylic acids is 1. The van der Waals surface area contributed by atoms with Crippen LogP contribution in [0.2, 0.25) is 0 Å². The Morgan fingerprint density at radius 1 is 1.20 bits per heavy atom. The van der Waals surface area contributed by atoms with E-state index in [1.54, 1.807) is 0 Å². The van der Waals surface area contributed by atoms with E-state index in [1.807, 2.05) is 29.2 Å². The van der Waals surface area contributed by atoms with Crippen LogP contribution in [-0.4, -0.2) is 38.8 Å². The highest BCUT2D eigenvalue weighted by atomic mass is 16.3. The van der Waals surface area contributed by atoms with Crippen LogP contribution in [0, 0.1) is 0 Å². The summed E-state index contributed by atoms with van der Waals surface area (Å²) in [5, 5.41) is 0. The summed E-state index contributed by atoms with van der Waals surface area (Å²) in [5.74, 6) is 2.37. The van der Waals surface area contributed by atoms with Crippen LogP contribution >= 0.6 is 0 Å². The second-order valence-corrected chi connectivity index (χ2v) is 7.07. The van der Waals surface area contributed by atoms with E-state index in [0.717, 1.165) is 54.8 Å². The summed E-state index contributed by atoms with van der Waals surface area (Å²) in [7, 11) is 0. The minimum absolute atomic E-state index is 0.00328. The number of hydrogen-bond donors (Lipinski definition) is 1. The molecule has 128 valence electrons. The molecule has 2 aromatic heterocycles. The molecule has 1 amide bonds. The normalized spacial score (nSPS) is 21.0. The predicted octanol–water partition coefficient (Wildman–Crippen LogP) is 3.45. The summed E-state index contributed by atoms with van der Waals surface area (Å²) < 4.78 is 5.47. The highest BCUT2D eigenvalue weighted by Crippen LogP contribution is 2.42. The predicted molar refractivity (Wildman–Crippen MR) is 92.5 cm³/mol. The van der Waals surface area contributed by atoms with Crippen molar-refractivity contribution < 1.29 is 9.21 Å². The van der Waals surface area contributed by atoms with Crippen molar-refractivity contribution in [1.29, 1.82) is 0 Å². The summed E-state index contributed by atoms with van der Waals surface area (Å²) in [6.07, 6.45) is 5.61. The molecular formula is C19H20N4O2. The summed E-state index contributed by atoms with van der Waals surface area (Å²) in [6, 6.07) is 8.05. The molecular weight excluding hydrogens is 316 g/mol. The first-order chi connectivity index (χ1) is 12.3. The van der Waals surface area contributed by atoms with Crippen molar-refractivity contribution in [2.75, 3.05) is 13.1 Å². The molecule has 0 spiro atoms. The quantitative estimate of drug-likeness (QED) is 0.795. The average Bonchev–Trinajstić information content (AvgIpc) is 3.22. The van der Waals surface area contributed by atoms with E-state index in [9.17, 15) is 4.79 Å². The number of benzene rings is 1. The van der Waals surface area contributed by atoms with E-state index in [4.69, 9.17) is 9.40 Å². The zero-order valence-corrected chi connectivity index (χ0v) is 13.9. The average molecular weight is 336 g/mol. The zero-order valence-electron chi connectivity index (χ0n) is 13.9. The van der Waals surface area contributed by atoms with Crippen molar-refractivity contribution in [1.82, 2.24) is 19.9 Å². The van der Waals surface area contributed by atoms with E-state index in [2.05, 4.69) is 9.97 Å². The van der Waals surface area contributed by atoms with Gasteiger partial charge in [0.1, 0.15) is 11.6 Å². The number of imidazole rings is 1. The number of oxazole rings is 1. The molecule has 1 N–H and O–H groups in total. The number of aromatic nitrogens is 3. The number of nitrogens with zero attached hydrogens (tertiary/aromatic N) is 3. The lowest BCUT2D eigenvalue weighted by Gasteiger charge is -2.31. The van der Waals surface area contributed by atoms with Gasteiger partial charge >= 0.3 is 0 Å². The fourth-order valence-electron chi connectivity index (χ4n) is 3.75. The molecule has 25 heavy (non-hydrogen) atoms. The fraction of sp³-hybridized carbons (Fsp3) is 0.421. The lowest BCUT2D eigenvalue weighted by Crippen LogP contribution is -2.39. The van der Waals surface area contributed by atoms with Crippen LogP contribution in [0.4, 0.5) is 0 Å². The van der Waals surface area contributed by atoms with Gasteiger partial charge in [-0.2, -0.15) is 0 Å². The van der Waals surface area contributed by atoms with Crippen molar-refractivity contribution in [2.24, 2.45) is 0 Å². The highest BCUT2D eigenvalue weighted by molar-refractivity contribution is 5.93. The molecule has 2 fully saturated rings. The number of likely N-dealkylation sites (tertiary alicyclic amines) is 1. The highest BCUT2D eigenvalue weighted by Gasteiger charge is 2.35. The van der Waals surface area contributed by atoms with Crippen molar-refractivity contribution in [3.05, 3.63) is 47.9 Å². The number of carbonyl (C=O) groups is 1. The Morgan fingerprint density at radius 3 is 2.92 bits per heavy atom. The van der Waals surface area contributed by atoms with Gasteiger partial charge in [0.2, 0.25) is 0 Å². The SMILES string of the molecule is O=C(c1ncoc1C1CC1)N1CCC[C@H](c2nc3ccccc3[nH]2)C1. The van der Waals surface area contributed by atoms with Gasteiger partial charge in [-0.1, -0.05) is 12.1 Å². The number of para-hydroxylation sites is 2. The van der Waals surface area contributed by atoms with Gasteiger partial charge in [0.25, 0.3) is 5.91 Å². The second kappa shape index (κ2) is 5.72. The Morgan fingerprint density at radius 2 is 2.08 bits per heavy atom. The third-order valence-electron chi connectivity index (χ3n) is 5.25. The maximum atomic E-state index is 12.9. The molecule has 1 aromatic carbocycles. The van der Waals surface area contributed by atoms with Crippen molar-refractivity contribution in [3.63, 3.8) is 0 Å². The van der Waals surface area contributed by atoms with Crippen LogP contribution < -0.4 is 0 Å². The van der Waals surface area contributed by atoms with E-state index >= 15 is 0 Å². The van der Waals surface area contributed by atoms with Gasteiger partial charge in [-0.25, -0.2) is 9.97 Å². The van der Waals surface area contributed by atoms with Gasteiger partial charge in [0, 0.05) is 24.9 Å². The summed E-state index contributed by atoms with van der Waals surface area (Å²) in [5.41, 5.74) is 2.54. The van der Waals surface area contributed by atoms with Crippen LogP contribution in [-0.2, 0) is 0 Å². The Balaban J connectivity index is 1.38. The van der Waals surface area contributed by atoms with Crippen LogP contribution in [0.5, 0.6) is 0 Å². The Labute approximate surface area is 145 Å². The van der Waals surface area contributed by atoms with Crippen molar-refractivity contribution >= 4 is 16.9 Å². The van der Waals surface area contributed by atoms with Crippen LogP contribution in [0.25, 0.3) is 11.0 Å². The first-order valence-electron chi connectivity index (χ1n) is 8.97. The number of aromatic amines is 1. The maximum absolute atomic E-state index is 12.9. The number of amides is 1. The number of rotatable bonds is 3. The fourth-order valence-corrected chi connectivity index (χ4v) is 3.75. The van der Waals surface area contributed by atoms with E-state index in [-0.39, 0.29) is 11.8 Å². The molecule has 6 heteroatoms. The molecule has 3 heterocycles. The zero-order chi connectivity index (χ0) is 16.8. The van der Waals surface area contributed by atoms with E-state index < -0.39 is 0 Å². The van der Waals surface area contributed by atoms with Gasteiger partial charge in [-0.3, -0.25) is 4.79 Å². The number of fused-ring (bicyclic) bond motifs is 1. The first-order valence-corrected chi connectivity index (χ1v) is 8.97. The first kappa shape index (κ1) is 14.7. The Bertz CT molecular complexity index is 891. The van der Waals surface area contributed by atoms with Crippen molar-refractivity contribution in [2.45, 2.75) is 37.5 Å². The number of H-pyrrole nitrogens is 1. The third-order valence-corrected chi connectivity index (χ3v) is 5.25. The molecule has 1 aliphatic carbocycles. The van der Waals surface area contributed by atoms with Crippen LogP contribution in [0.15, 0.2) is 35.1 Å². The molecule has 1 atom stereocenters. The molecule has 1 saturated heterocycles. The minimum atomic E-state index is -0.00328. The molecule has 5 rings (SSSR count). The van der Waals surface area contributed by atoms with Gasteiger partial charge < -0.3 is 14.3 Å². The third kappa shape index (κ3) is 2.62. The molecule has 6 nitrogen and oxygen atoms in total. The molecule has 2 aliphatic rings. The summed E-state index contributed by atoms with van der Waals surface area (Å²) >= 11 is 0. The van der Waals surface area contributed by atoms with Gasteiger partial charge in [-0.05, 0) is 37.8 Å². The van der Waals surface area contributed by atoms with Crippen LogP contribution in [0.1, 0.15) is 59.6 Å².